The number of aryl methyl sites for hydroxylation is 1. The Kier molecular flexibility index (Phi) is 7.28. The van der Waals surface area contributed by atoms with Crippen LogP contribution < -0.4 is 10.6 Å². The normalized spacial score (nSPS) is 11.7. The first-order chi connectivity index (χ1) is 11.7. The molecule has 8 nitrogen and oxygen atoms in total. The third-order valence-electron chi connectivity index (χ3n) is 3.71. The summed E-state index contributed by atoms with van der Waals surface area (Å²) in [5.74, 6) is 2.50. The highest BCUT2D eigenvalue weighted by atomic mass is 16.5. The maximum Gasteiger partial charge on any atom is 0.191 e. The number of hydrogen-bond acceptors (Lipinski definition) is 4. The fraction of sp³-hybridized carbons (Fsp3) is 0.562. The molecule has 0 amide bonds. The van der Waals surface area contributed by atoms with Crippen LogP contribution in [0.15, 0.2) is 29.5 Å². The number of rotatable bonds is 9. The van der Waals surface area contributed by atoms with Crippen LogP contribution in [0, 0.1) is 6.92 Å². The molecule has 0 radical (unpaired) electrons. The lowest BCUT2D eigenvalue weighted by molar-refractivity contribution is 0.195. The smallest absolute Gasteiger partial charge is 0.191 e. The van der Waals surface area contributed by atoms with Crippen molar-refractivity contribution in [2.75, 3.05) is 26.8 Å². The van der Waals surface area contributed by atoms with Gasteiger partial charge in [-0.15, -0.1) is 10.2 Å². The topological polar surface area (TPSA) is 81.3 Å². The van der Waals surface area contributed by atoms with Gasteiger partial charge in [0, 0.05) is 52.8 Å². The average molecular weight is 333 g/mol. The molecule has 0 saturated carbocycles. The van der Waals surface area contributed by atoms with E-state index < -0.39 is 0 Å². The second-order valence-electron chi connectivity index (χ2n) is 5.51. The molecule has 2 aromatic heterocycles. The Labute approximate surface area is 142 Å². The lowest BCUT2D eigenvalue weighted by atomic mass is 10.4. The van der Waals surface area contributed by atoms with Crippen molar-refractivity contribution in [2.45, 2.75) is 26.4 Å². The van der Waals surface area contributed by atoms with Crippen molar-refractivity contribution in [2.24, 2.45) is 12.0 Å². The number of aliphatic imine (C=N–C) groups is 1. The Morgan fingerprint density at radius 3 is 2.62 bits per heavy atom. The Bertz CT molecular complexity index is 618. The molecule has 8 heteroatoms. The van der Waals surface area contributed by atoms with Gasteiger partial charge in [-0.05, 0) is 25.5 Å². The van der Waals surface area contributed by atoms with E-state index in [-0.39, 0.29) is 0 Å². The predicted octanol–water partition coefficient (Wildman–Crippen LogP) is 0.697. The fourth-order valence-corrected chi connectivity index (χ4v) is 2.16. The van der Waals surface area contributed by atoms with E-state index >= 15 is 0 Å². The molecule has 2 N–H and O–H groups in total. The molecule has 2 rings (SSSR count). The number of guanidine groups is 1. The number of hydrogen-bond donors (Lipinski definition) is 2. The van der Waals surface area contributed by atoms with E-state index in [4.69, 9.17) is 4.74 Å². The van der Waals surface area contributed by atoms with Gasteiger partial charge >= 0.3 is 0 Å². The SMILES string of the molecule is COCCCNC(=NCc1nnc(C)n1C)NCCn1cccc1. The molecule has 2 heterocycles. The number of methoxy groups -OCH3 is 1. The third-order valence-corrected chi connectivity index (χ3v) is 3.71. The molecule has 0 spiro atoms. The molecule has 132 valence electrons. The van der Waals surface area contributed by atoms with Gasteiger partial charge < -0.3 is 24.5 Å². The lowest BCUT2D eigenvalue weighted by Crippen LogP contribution is -2.39. The Hall–Kier alpha value is -2.35. The number of nitrogens with zero attached hydrogens (tertiary/aromatic N) is 5. The first kappa shape index (κ1) is 18.0. The summed E-state index contributed by atoms with van der Waals surface area (Å²) in [6.45, 7) is 5.63. The summed E-state index contributed by atoms with van der Waals surface area (Å²) in [5.41, 5.74) is 0. The van der Waals surface area contributed by atoms with Crippen LogP contribution >= 0.6 is 0 Å². The van der Waals surface area contributed by atoms with Gasteiger partial charge in [-0.25, -0.2) is 4.99 Å². The van der Waals surface area contributed by atoms with Crippen molar-refractivity contribution in [3.8, 4) is 0 Å². The summed E-state index contributed by atoms with van der Waals surface area (Å²) >= 11 is 0. The maximum atomic E-state index is 5.08. The molecule has 0 atom stereocenters. The van der Waals surface area contributed by atoms with Gasteiger partial charge in [-0.3, -0.25) is 0 Å². The van der Waals surface area contributed by atoms with Gasteiger partial charge in [0.1, 0.15) is 12.4 Å². The van der Waals surface area contributed by atoms with Crippen LogP contribution in [0.2, 0.25) is 0 Å². The molecule has 0 aliphatic heterocycles. The summed E-state index contributed by atoms with van der Waals surface area (Å²) in [5, 5.41) is 14.9. The van der Waals surface area contributed by atoms with Gasteiger partial charge in [-0.2, -0.15) is 0 Å². The van der Waals surface area contributed by atoms with Crippen molar-refractivity contribution in [3.63, 3.8) is 0 Å². The molecular weight excluding hydrogens is 306 g/mol. The van der Waals surface area contributed by atoms with Gasteiger partial charge in [0.25, 0.3) is 0 Å². The quantitative estimate of drug-likeness (QED) is 0.401. The van der Waals surface area contributed by atoms with Crippen LogP contribution in [0.3, 0.4) is 0 Å². The molecule has 0 fully saturated rings. The molecular formula is C16H27N7O. The highest BCUT2D eigenvalue weighted by Gasteiger charge is 2.05. The molecule has 0 bridgehead atoms. The largest absolute Gasteiger partial charge is 0.385 e. The first-order valence-electron chi connectivity index (χ1n) is 8.17. The van der Waals surface area contributed by atoms with E-state index in [0.29, 0.717) is 6.54 Å². The van der Waals surface area contributed by atoms with E-state index in [1.165, 1.54) is 0 Å². The predicted molar refractivity (Wildman–Crippen MR) is 93.8 cm³/mol. The van der Waals surface area contributed by atoms with Gasteiger partial charge in [-0.1, -0.05) is 0 Å². The van der Waals surface area contributed by atoms with Crippen LogP contribution in [-0.4, -0.2) is 52.1 Å². The molecule has 0 aliphatic carbocycles. The molecule has 0 aromatic carbocycles. The van der Waals surface area contributed by atoms with Crippen molar-refractivity contribution < 1.29 is 4.74 Å². The lowest BCUT2D eigenvalue weighted by Gasteiger charge is -2.13. The van der Waals surface area contributed by atoms with Crippen molar-refractivity contribution in [3.05, 3.63) is 36.2 Å². The molecule has 0 unspecified atom stereocenters. The molecule has 0 saturated heterocycles. The minimum Gasteiger partial charge on any atom is -0.385 e. The van der Waals surface area contributed by atoms with E-state index in [1.54, 1.807) is 7.11 Å². The van der Waals surface area contributed by atoms with Crippen LogP contribution in [0.25, 0.3) is 0 Å². The molecule has 2 aromatic rings. The maximum absolute atomic E-state index is 5.08. The Morgan fingerprint density at radius 2 is 1.96 bits per heavy atom. The van der Waals surface area contributed by atoms with E-state index in [9.17, 15) is 0 Å². The summed E-state index contributed by atoms with van der Waals surface area (Å²) in [4.78, 5) is 4.61. The standard InChI is InChI=1S/C16H27N7O/c1-14-20-21-15(22(14)2)13-19-16(17-7-6-12-24-3)18-8-11-23-9-4-5-10-23/h4-5,9-10H,6-8,11-13H2,1-3H3,(H2,17,18,19). The number of ether oxygens (including phenoxy) is 1. The summed E-state index contributed by atoms with van der Waals surface area (Å²) in [6, 6.07) is 4.04. The highest BCUT2D eigenvalue weighted by molar-refractivity contribution is 5.79. The van der Waals surface area contributed by atoms with Gasteiger partial charge in [0.15, 0.2) is 11.8 Å². The second kappa shape index (κ2) is 9.71. The van der Waals surface area contributed by atoms with Crippen LogP contribution in [0.4, 0.5) is 0 Å². The van der Waals surface area contributed by atoms with E-state index in [0.717, 1.165) is 50.3 Å². The zero-order valence-electron chi connectivity index (χ0n) is 14.7. The van der Waals surface area contributed by atoms with E-state index in [2.05, 4.69) is 30.4 Å². The van der Waals surface area contributed by atoms with Crippen LogP contribution in [0.1, 0.15) is 18.1 Å². The molecule has 0 aliphatic rings. The summed E-state index contributed by atoms with van der Waals surface area (Å²) in [6.07, 6.45) is 5.03. The van der Waals surface area contributed by atoms with Gasteiger partial charge in [0.05, 0.1) is 0 Å². The minimum atomic E-state index is 0.487. The van der Waals surface area contributed by atoms with Crippen molar-refractivity contribution >= 4 is 5.96 Å². The van der Waals surface area contributed by atoms with Crippen molar-refractivity contribution in [1.82, 2.24) is 30.0 Å². The monoisotopic (exact) mass is 333 g/mol. The van der Waals surface area contributed by atoms with Gasteiger partial charge in [0.2, 0.25) is 0 Å². The average Bonchev–Trinajstić information content (AvgIpc) is 3.20. The molecule has 24 heavy (non-hydrogen) atoms. The van der Waals surface area contributed by atoms with Crippen LogP contribution in [-0.2, 0) is 24.9 Å². The Morgan fingerprint density at radius 1 is 1.21 bits per heavy atom. The minimum absolute atomic E-state index is 0.487. The fourth-order valence-electron chi connectivity index (χ4n) is 2.16. The first-order valence-corrected chi connectivity index (χ1v) is 8.17. The van der Waals surface area contributed by atoms with E-state index in [1.807, 2.05) is 43.1 Å². The summed E-state index contributed by atoms with van der Waals surface area (Å²) in [7, 11) is 3.66. The Balaban J connectivity index is 1.87. The van der Waals surface area contributed by atoms with Crippen molar-refractivity contribution in [1.29, 1.82) is 0 Å². The number of aromatic nitrogens is 4. The second-order valence-corrected chi connectivity index (χ2v) is 5.51. The third kappa shape index (κ3) is 5.69. The zero-order chi connectivity index (χ0) is 17.2. The van der Waals surface area contributed by atoms with Crippen LogP contribution in [0.5, 0.6) is 0 Å². The zero-order valence-corrected chi connectivity index (χ0v) is 14.7. The summed E-state index contributed by atoms with van der Waals surface area (Å²) < 4.78 is 9.15. The highest BCUT2D eigenvalue weighted by Crippen LogP contribution is 1.99. The number of nitrogens with one attached hydrogen (secondary N) is 2.